The van der Waals surface area contributed by atoms with Gasteiger partial charge in [0.15, 0.2) is 0 Å². The predicted molar refractivity (Wildman–Crippen MR) is 100 cm³/mol. The summed E-state index contributed by atoms with van der Waals surface area (Å²) in [5.74, 6) is 1.81. The number of hydrogen-bond donors (Lipinski definition) is 0. The molecule has 1 heterocycles. The minimum atomic E-state index is -0.368. The monoisotopic (exact) mass is 520 g/mol. The van der Waals surface area contributed by atoms with Gasteiger partial charge in [0, 0.05) is 0 Å². The van der Waals surface area contributed by atoms with Crippen LogP contribution in [0.1, 0.15) is 0 Å². The van der Waals surface area contributed by atoms with Crippen LogP contribution < -0.4 is 9.47 Å². The van der Waals surface area contributed by atoms with E-state index in [1.54, 1.807) is 14.2 Å². The minimum absolute atomic E-state index is 0.368. The van der Waals surface area contributed by atoms with Gasteiger partial charge >= 0.3 is 155 Å². The average molecular weight is 518 g/mol. The fourth-order valence-corrected chi connectivity index (χ4v) is 7.25. The zero-order valence-corrected chi connectivity index (χ0v) is 16.8. The van der Waals surface area contributed by atoms with E-state index in [-0.39, 0.29) is 20.4 Å². The van der Waals surface area contributed by atoms with E-state index in [1.807, 2.05) is 24.3 Å². The number of benzene rings is 2. The van der Waals surface area contributed by atoms with Crippen LogP contribution in [0.3, 0.4) is 0 Å². The molecule has 0 saturated heterocycles. The van der Waals surface area contributed by atoms with Crippen molar-refractivity contribution in [2.45, 2.75) is 0 Å². The maximum atomic E-state index is 5.24. The first-order chi connectivity index (χ1) is 10.7. The Hall–Kier alpha value is -0.960. The van der Waals surface area contributed by atoms with E-state index >= 15 is 0 Å². The summed E-state index contributed by atoms with van der Waals surface area (Å²) in [6.45, 7) is 0. The van der Waals surface area contributed by atoms with E-state index in [4.69, 9.17) is 9.47 Å². The van der Waals surface area contributed by atoms with Crippen LogP contribution in [0.2, 0.25) is 0 Å². The molecule has 3 aromatic rings. The number of halogens is 1. The molecule has 0 aliphatic rings. The van der Waals surface area contributed by atoms with Gasteiger partial charge in [-0.3, -0.25) is 0 Å². The third kappa shape index (κ3) is 3.34. The molecule has 0 amide bonds. The van der Waals surface area contributed by atoms with Gasteiger partial charge in [-0.2, -0.15) is 0 Å². The summed E-state index contributed by atoms with van der Waals surface area (Å²) in [4.78, 5) is 0. The van der Waals surface area contributed by atoms with E-state index in [1.165, 1.54) is 21.9 Å². The molecule has 0 atom stereocenters. The molecule has 0 fully saturated rings. The van der Waals surface area contributed by atoms with Crippen molar-refractivity contribution in [3.05, 3.63) is 58.2 Å². The topological polar surface area (TPSA) is 18.5 Å². The first kappa shape index (κ1) is 15.9. The average Bonchev–Trinajstić information content (AvgIpc) is 2.97. The summed E-state index contributed by atoms with van der Waals surface area (Å²) in [6.07, 6.45) is 0. The number of methoxy groups -OCH3 is 2. The van der Waals surface area contributed by atoms with Gasteiger partial charge in [0.25, 0.3) is 0 Å². The molecule has 22 heavy (non-hydrogen) atoms. The number of hydrogen-bond acceptors (Lipinski definition) is 2. The fourth-order valence-electron chi connectivity index (χ4n) is 2.21. The van der Waals surface area contributed by atoms with Crippen LogP contribution in [-0.4, -0.2) is 34.7 Å². The second-order valence-corrected chi connectivity index (χ2v) is 8.91. The first-order valence-electron chi connectivity index (χ1n) is 6.79. The summed E-state index contributed by atoms with van der Waals surface area (Å²) in [7, 11) is 3.40. The Kier molecular flexibility index (Phi) is 5.12. The van der Waals surface area contributed by atoms with Crippen LogP contribution in [0.4, 0.5) is 0 Å². The van der Waals surface area contributed by atoms with E-state index in [0.29, 0.717) is 0 Å². The molecule has 112 valence electrons. The Morgan fingerprint density at radius 1 is 0.773 bits per heavy atom. The van der Waals surface area contributed by atoms with Gasteiger partial charge in [0.2, 0.25) is 0 Å². The molecule has 0 N–H and O–H groups in total. The van der Waals surface area contributed by atoms with Crippen LogP contribution in [0.25, 0.3) is 18.3 Å². The Balaban J connectivity index is 1.95. The molecule has 2 nitrogen and oxygen atoms in total. The summed E-state index contributed by atoms with van der Waals surface area (Å²) in [5, 5.41) is 0. The van der Waals surface area contributed by atoms with Gasteiger partial charge in [-0.1, -0.05) is 0 Å². The van der Waals surface area contributed by atoms with Crippen molar-refractivity contribution in [1.29, 1.82) is 0 Å². The van der Waals surface area contributed by atoms with Crippen molar-refractivity contribution in [1.82, 2.24) is 0 Å². The summed E-state index contributed by atoms with van der Waals surface area (Å²) >= 11 is 2.08. The van der Waals surface area contributed by atoms with Crippen molar-refractivity contribution in [2.24, 2.45) is 0 Å². The van der Waals surface area contributed by atoms with Crippen LogP contribution in [-0.2, 0) is 0 Å². The zero-order chi connectivity index (χ0) is 15.5. The van der Waals surface area contributed by atoms with Gasteiger partial charge in [-0.05, 0) is 0 Å². The Morgan fingerprint density at radius 3 is 1.77 bits per heavy atom. The first-order valence-corrected chi connectivity index (χ1v) is 10.2. The molecule has 0 unspecified atom stereocenters. The Bertz CT molecular complexity index is 761. The second-order valence-electron chi connectivity index (χ2n) is 4.74. The second kappa shape index (κ2) is 7.08. The molecule has 0 radical (unpaired) electrons. The van der Waals surface area contributed by atoms with Gasteiger partial charge < -0.3 is 0 Å². The summed E-state index contributed by atoms with van der Waals surface area (Å²) < 4.78 is 14.8. The SMILES string of the molecule is COc1ccc(-c2cc(I)c(-c3ccc(OC)cc3)[te]2)cc1. The fraction of sp³-hybridized carbons (Fsp3) is 0.111. The molecule has 2 aromatic carbocycles. The third-order valence-electron chi connectivity index (χ3n) is 3.41. The van der Waals surface area contributed by atoms with Crippen molar-refractivity contribution in [3.8, 4) is 29.8 Å². The third-order valence-corrected chi connectivity index (χ3v) is 8.92. The van der Waals surface area contributed by atoms with Crippen LogP contribution in [0, 0.1) is 3.57 Å². The van der Waals surface area contributed by atoms with E-state index in [0.717, 1.165) is 11.5 Å². The molecular weight excluding hydrogens is 503 g/mol. The molecule has 1 aromatic heterocycles. The van der Waals surface area contributed by atoms with Gasteiger partial charge in [-0.15, -0.1) is 0 Å². The predicted octanol–water partition coefficient (Wildman–Crippen LogP) is 4.70. The molecule has 0 aliphatic carbocycles. The van der Waals surface area contributed by atoms with Crippen LogP contribution >= 0.6 is 22.6 Å². The molecular formula is C18H15IO2Te. The van der Waals surface area contributed by atoms with Crippen LogP contribution in [0.5, 0.6) is 11.5 Å². The van der Waals surface area contributed by atoms with Crippen molar-refractivity contribution >= 4 is 43.0 Å². The van der Waals surface area contributed by atoms with E-state index in [9.17, 15) is 0 Å². The molecule has 3 rings (SSSR count). The summed E-state index contributed by atoms with van der Waals surface area (Å²) in [6, 6.07) is 19.1. The van der Waals surface area contributed by atoms with E-state index < -0.39 is 0 Å². The Morgan fingerprint density at radius 2 is 1.27 bits per heavy atom. The number of ether oxygens (including phenoxy) is 2. The van der Waals surface area contributed by atoms with Crippen molar-refractivity contribution in [3.63, 3.8) is 0 Å². The molecule has 0 aliphatic heterocycles. The van der Waals surface area contributed by atoms with E-state index in [2.05, 4.69) is 52.9 Å². The van der Waals surface area contributed by atoms with Gasteiger partial charge in [0.1, 0.15) is 0 Å². The molecule has 0 bridgehead atoms. The van der Waals surface area contributed by atoms with Crippen molar-refractivity contribution in [2.75, 3.05) is 14.2 Å². The standard InChI is InChI=1S/C18H15IO2Te/c1-20-14-7-3-12(4-8-14)17-11-16(19)18(22-17)13-5-9-15(21-2)10-6-13/h3-11H,1-2H3. The van der Waals surface area contributed by atoms with Crippen LogP contribution in [0.15, 0.2) is 54.6 Å². The molecule has 4 heteroatoms. The van der Waals surface area contributed by atoms with Gasteiger partial charge in [-0.25, -0.2) is 0 Å². The van der Waals surface area contributed by atoms with Crippen molar-refractivity contribution < 1.29 is 9.47 Å². The number of rotatable bonds is 4. The maximum absolute atomic E-state index is 5.24. The quantitative estimate of drug-likeness (QED) is 0.369. The molecule has 0 spiro atoms. The Labute approximate surface area is 153 Å². The molecule has 0 saturated carbocycles. The van der Waals surface area contributed by atoms with Gasteiger partial charge in [0.05, 0.1) is 0 Å². The zero-order valence-electron chi connectivity index (χ0n) is 12.3. The summed E-state index contributed by atoms with van der Waals surface area (Å²) in [5.41, 5.74) is 2.62. The normalized spacial score (nSPS) is 10.5.